The highest BCUT2D eigenvalue weighted by molar-refractivity contribution is 7.98. The number of piperidine rings is 1. The highest BCUT2D eigenvalue weighted by atomic mass is 32.2. The predicted octanol–water partition coefficient (Wildman–Crippen LogP) is 1.71. The van der Waals surface area contributed by atoms with Crippen LogP contribution in [-0.2, 0) is 9.59 Å². The van der Waals surface area contributed by atoms with E-state index >= 15 is 0 Å². The van der Waals surface area contributed by atoms with Crippen molar-refractivity contribution in [2.45, 2.75) is 17.7 Å². The summed E-state index contributed by atoms with van der Waals surface area (Å²) < 4.78 is 0. The van der Waals surface area contributed by atoms with Crippen LogP contribution in [-0.4, -0.2) is 70.6 Å². The highest BCUT2D eigenvalue weighted by Gasteiger charge is 2.28. The van der Waals surface area contributed by atoms with Crippen LogP contribution < -0.4 is 0 Å². The number of hydrogen-bond donors (Lipinski definition) is 1. The number of benzene rings is 1. The molecule has 1 aliphatic heterocycles. The Morgan fingerprint density at radius 3 is 2.48 bits per heavy atom. The van der Waals surface area contributed by atoms with Gasteiger partial charge in [-0.05, 0) is 31.2 Å². The number of carboxylic acid groups (broad SMARTS) is 1. The normalized spacial score (nSPS) is 14.7. The summed E-state index contributed by atoms with van der Waals surface area (Å²) in [5.74, 6) is -2.06. The molecular formula is C17H21N3O6S. The van der Waals surface area contributed by atoms with Gasteiger partial charge < -0.3 is 14.9 Å². The van der Waals surface area contributed by atoms with Crippen molar-refractivity contribution >= 4 is 35.2 Å². The number of nitro groups is 1. The molecule has 2 amide bonds. The maximum Gasteiger partial charge on any atom is 0.306 e. The van der Waals surface area contributed by atoms with Gasteiger partial charge in [-0.2, -0.15) is 0 Å². The predicted molar refractivity (Wildman–Crippen MR) is 98.8 cm³/mol. The topological polar surface area (TPSA) is 121 Å². The van der Waals surface area contributed by atoms with E-state index < -0.39 is 22.7 Å². The largest absolute Gasteiger partial charge is 0.481 e. The summed E-state index contributed by atoms with van der Waals surface area (Å²) >= 11 is 1.21. The van der Waals surface area contributed by atoms with E-state index in [1.807, 2.05) is 0 Å². The summed E-state index contributed by atoms with van der Waals surface area (Å²) in [6.45, 7) is 0.506. The van der Waals surface area contributed by atoms with Gasteiger partial charge in [-0.15, -0.1) is 11.8 Å². The van der Waals surface area contributed by atoms with Crippen LogP contribution in [0.25, 0.3) is 0 Å². The molecule has 1 heterocycles. The van der Waals surface area contributed by atoms with Crippen LogP contribution in [0.4, 0.5) is 5.69 Å². The quantitative estimate of drug-likeness (QED) is 0.442. The second kappa shape index (κ2) is 8.85. The molecule has 27 heavy (non-hydrogen) atoms. The van der Waals surface area contributed by atoms with Crippen molar-refractivity contribution in [3.8, 4) is 0 Å². The fourth-order valence-corrected chi connectivity index (χ4v) is 3.48. The number of carbonyl (C=O) groups excluding carboxylic acids is 2. The lowest BCUT2D eigenvalue weighted by molar-refractivity contribution is -0.387. The van der Waals surface area contributed by atoms with Crippen molar-refractivity contribution in [3.05, 3.63) is 33.9 Å². The molecule has 1 saturated heterocycles. The molecule has 0 saturated carbocycles. The van der Waals surface area contributed by atoms with Crippen molar-refractivity contribution < 1.29 is 24.4 Å². The Balaban J connectivity index is 2.01. The van der Waals surface area contributed by atoms with E-state index in [0.29, 0.717) is 30.8 Å². The zero-order valence-electron chi connectivity index (χ0n) is 15.1. The number of aliphatic carboxylic acids is 1. The molecule has 0 aromatic heterocycles. The van der Waals surface area contributed by atoms with E-state index in [0.717, 1.165) is 0 Å². The first-order valence-electron chi connectivity index (χ1n) is 8.33. The first-order valence-corrected chi connectivity index (χ1v) is 9.55. The van der Waals surface area contributed by atoms with E-state index in [1.165, 1.54) is 41.9 Å². The number of carboxylic acids is 1. The minimum absolute atomic E-state index is 0.138. The SMILES string of the molecule is CSc1ccc(C(=O)N(C)CC(=O)N2CCC(C(=O)O)CC2)cc1[N+](=O)[O-]. The van der Waals surface area contributed by atoms with Crippen molar-refractivity contribution in [1.82, 2.24) is 9.80 Å². The number of likely N-dealkylation sites (N-methyl/N-ethyl adjacent to an activating group) is 1. The summed E-state index contributed by atoms with van der Waals surface area (Å²) in [5.41, 5.74) is -0.0109. The zero-order valence-corrected chi connectivity index (χ0v) is 15.9. The van der Waals surface area contributed by atoms with Crippen LogP contribution in [0.3, 0.4) is 0 Å². The molecule has 2 rings (SSSR count). The standard InChI is InChI=1S/C17H21N3O6S/c1-18(10-15(21)19-7-5-11(6-8-19)17(23)24)16(22)12-3-4-14(27-2)13(9-12)20(25)26/h3-4,9,11H,5-8,10H2,1-2H3,(H,23,24). The van der Waals surface area contributed by atoms with Crippen molar-refractivity contribution in [2.75, 3.05) is 32.9 Å². The van der Waals surface area contributed by atoms with Gasteiger partial charge in [0.05, 0.1) is 22.3 Å². The fourth-order valence-electron chi connectivity index (χ4n) is 2.94. The third kappa shape index (κ3) is 4.97. The summed E-state index contributed by atoms with van der Waals surface area (Å²) in [6.07, 6.45) is 2.49. The average molecular weight is 395 g/mol. The molecule has 0 atom stereocenters. The molecule has 1 fully saturated rings. The zero-order chi connectivity index (χ0) is 20.1. The molecule has 9 nitrogen and oxygen atoms in total. The van der Waals surface area contributed by atoms with Gasteiger partial charge in [-0.1, -0.05) is 0 Å². The molecule has 0 aliphatic carbocycles. The Bertz CT molecular complexity index is 761. The van der Waals surface area contributed by atoms with E-state index in [4.69, 9.17) is 5.11 Å². The van der Waals surface area contributed by atoms with Crippen LogP contribution in [0.5, 0.6) is 0 Å². The number of carbonyl (C=O) groups is 3. The Morgan fingerprint density at radius 2 is 1.96 bits per heavy atom. The molecule has 0 unspecified atom stereocenters. The maximum absolute atomic E-state index is 12.5. The number of amides is 2. The summed E-state index contributed by atoms with van der Waals surface area (Å²) in [4.78, 5) is 49.7. The fraction of sp³-hybridized carbons (Fsp3) is 0.471. The first-order chi connectivity index (χ1) is 12.7. The number of nitrogens with zero attached hydrogens (tertiary/aromatic N) is 3. The van der Waals surface area contributed by atoms with E-state index in [1.54, 1.807) is 11.2 Å². The van der Waals surface area contributed by atoms with Gasteiger partial charge in [0.2, 0.25) is 5.91 Å². The number of rotatable bonds is 6. The maximum atomic E-state index is 12.5. The second-order valence-corrected chi connectivity index (χ2v) is 7.15. The smallest absolute Gasteiger partial charge is 0.306 e. The van der Waals surface area contributed by atoms with Crippen molar-refractivity contribution in [1.29, 1.82) is 0 Å². The van der Waals surface area contributed by atoms with E-state index in [-0.39, 0.29) is 23.7 Å². The lowest BCUT2D eigenvalue weighted by atomic mass is 9.97. The number of likely N-dealkylation sites (tertiary alicyclic amines) is 1. The van der Waals surface area contributed by atoms with Gasteiger partial charge in [0.15, 0.2) is 0 Å². The summed E-state index contributed by atoms with van der Waals surface area (Å²) in [5, 5.41) is 20.1. The molecule has 0 bridgehead atoms. The van der Waals surface area contributed by atoms with Crippen LogP contribution >= 0.6 is 11.8 Å². The first kappa shape index (κ1) is 20.7. The minimum atomic E-state index is -0.857. The van der Waals surface area contributed by atoms with Crippen LogP contribution in [0.1, 0.15) is 23.2 Å². The van der Waals surface area contributed by atoms with E-state index in [2.05, 4.69) is 0 Å². The average Bonchev–Trinajstić information content (AvgIpc) is 2.66. The molecule has 1 aromatic carbocycles. The Kier molecular flexibility index (Phi) is 6.78. The van der Waals surface area contributed by atoms with E-state index in [9.17, 15) is 24.5 Å². The molecule has 1 aromatic rings. The van der Waals surface area contributed by atoms with Gasteiger partial charge in [0.25, 0.3) is 11.6 Å². The lowest BCUT2D eigenvalue weighted by Crippen LogP contribution is -2.45. The van der Waals surface area contributed by atoms with Gasteiger partial charge in [0.1, 0.15) is 0 Å². The highest BCUT2D eigenvalue weighted by Crippen LogP contribution is 2.28. The van der Waals surface area contributed by atoms with Gasteiger partial charge in [-0.25, -0.2) is 0 Å². The van der Waals surface area contributed by atoms with Gasteiger partial charge >= 0.3 is 5.97 Å². The van der Waals surface area contributed by atoms with Crippen molar-refractivity contribution in [2.24, 2.45) is 5.92 Å². The number of hydrogen-bond acceptors (Lipinski definition) is 6. The van der Waals surface area contributed by atoms with Crippen LogP contribution in [0.15, 0.2) is 23.1 Å². The summed E-state index contributed by atoms with van der Waals surface area (Å²) in [7, 11) is 1.46. The number of thioether (sulfide) groups is 1. The molecule has 0 radical (unpaired) electrons. The molecule has 1 N–H and O–H groups in total. The minimum Gasteiger partial charge on any atom is -0.481 e. The molecule has 10 heteroatoms. The molecular weight excluding hydrogens is 374 g/mol. The number of nitro benzene ring substituents is 1. The van der Waals surface area contributed by atoms with Crippen LogP contribution in [0.2, 0.25) is 0 Å². The Labute approximate surface area is 160 Å². The third-order valence-corrected chi connectivity index (χ3v) is 5.32. The Morgan fingerprint density at radius 1 is 1.33 bits per heavy atom. The second-order valence-electron chi connectivity index (χ2n) is 6.30. The molecule has 0 spiro atoms. The van der Waals surface area contributed by atoms with Gasteiger partial charge in [-0.3, -0.25) is 24.5 Å². The van der Waals surface area contributed by atoms with Gasteiger partial charge in [0, 0.05) is 31.8 Å². The Hall–Kier alpha value is -2.62. The van der Waals surface area contributed by atoms with Crippen molar-refractivity contribution in [3.63, 3.8) is 0 Å². The molecule has 146 valence electrons. The third-order valence-electron chi connectivity index (χ3n) is 4.54. The monoisotopic (exact) mass is 395 g/mol. The van der Waals surface area contributed by atoms with Crippen LogP contribution in [0, 0.1) is 16.0 Å². The molecule has 1 aliphatic rings. The lowest BCUT2D eigenvalue weighted by Gasteiger charge is -2.31. The summed E-state index contributed by atoms with van der Waals surface area (Å²) in [6, 6.07) is 4.23.